The summed E-state index contributed by atoms with van der Waals surface area (Å²) >= 11 is 0. The summed E-state index contributed by atoms with van der Waals surface area (Å²) in [4.78, 5) is 28.2. The quantitative estimate of drug-likeness (QED) is 0.727. The van der Waals surface area contributed by atoms with E-state index in [2.05, 4.69) is 6.58 Å². The van der Waals surface area contributed by atoms with Crippen LogP contribution in [-0.2, 0) is 9.59 Å². The van der Waals surface area contributed by atoms with Crippen LogP contribution in [0.4, 0.5) is 0 Å². The summed E-state index contributed by atoms with van der Waals surface area (Å²) in [6.45, 7) is 7.98. The van der Waals surface area contributed by atoms with Crippen LogP contribution in [-0.4, -0.2) is 57.9 Å². The molecule has 1 heterocycles. The van der Waals surface area contributed by atoms with Gasteiger partial charge in [-0.1, -0.05) is 20.4 Å². The molecule has 1 fully saturated rings. The highest BCUT2D eigenvalue weighted by molar-refractivity contribution is 5.78. The van der Waals surface area contributed by atoms with E-state index in [4.69, 9.17) is 0 Å². The van der Waals surface area contributed by atoms with Crippen molar-refractivity contribution in [1.82, 2.24) is 14.7 Å². The van der Waals surface area contributed by atoms with E-state index in [-0.39, 0.29) is 11.8 Å². The molecule has 0 radical (unpaired) electrons. The number of hydrogen-bond acceptors (Lipinski definition) is 4. The molecule has 1 unspecified atom stereocenters. The third-order valence-electron chi connectivity index (χ3n) is 2.94. The predicted molar refractivity (Wildman–Crippen MR) is 66.9 cm³/mol. The van der Waals surface area contributed by atoms with E-state index in [1.54, 1.807) is 28.5 Å². The van der Waals surface area contributed by atoms with Gasteiger partial charge in [-0.2, -0.15) is 0 Å². The lowest BCUT2D eigenvalue weighted by molar-refractivity contribution is -0.158. The molecule has 0 aromatic carbocycles. The van der Waals surface area contributed by atoms with Crippen LogP contribution in [0.1, 0.15) is 26.7 Å². The first-order chi connectivity index (χ1) is 8.53. The zero-order valence-corrected chi connectivity index (χ0v) is 11.0. The Balaban J connectivity index is 2.81. The van der Waals surface area contributed by atoms with E-state index >= 15 is 0 Å². The van der Waals surface area contributed by atoms with Gasteiger partial charge in [0.05, 0.1) is 20.0 Å². The first-order valence-electron chi connectivity index (χ1n) is 6.13. The van der Waals surface area contributed by atoms with Crippen molar-refractivity contribution in [2.75, 3.05) is 20.0 Å². The summed E-state index contributed by atoms with van der Waals surface area (Å²) in [5.74, 6) is -0.0743. The molecule has 18 heavy (non-hydrogen) atoms. The van der Waals surface area contributed by atoms with Gasteiger partial charge in [0.1, 0.15) is 6.23 Å². The van der Waals surface area contributed by atoms with Gasteiger partial charge in [0.15, 0.2) is 0 Å². The van der Waals surface area contributed by atoms with Crippen molar-refractivity contribution in [3.63, 3.8) is 0 Å². The lowest BCUT2D eigenvalue weighted by Gasteiger charge is -2.43. The fraction of sp³-hybridized carbons (Fsp3) is 0.667. The zero-order valence-electron chi connectivity index (χ0n) is 11.0. The van der Waals surface area contributed by atoms with Crippen molar-refractivity contribution in [3.05, 3.63) is 12.7 Å². The Bertz CT molecular complexity index is 309. The summed E-state index contributed by atoms with van der Waals surface area (Å²) in [7, 11) is 0. The zero-order chi connectivity index (χ0) is 13.7. The van der Waals surface area contributed by atoms with Crippen molar-refractivity contribution in [3.8, 4) is 0 Å². The molecule has 0 aliphatic carbocycles. The Labute approximate surface area is 107 Å². The SMILES string of the molecule is C=CC(O)N1CN(C(=O)CC)CN(C(=O)CC)C1. The van der Waals surface area contributed by atoms with Gasteiger partial charge < -0.3 is 14.9 Å². The number of aliphatic hydroxyl groups excluding tert-OH is 1. The van der Waals surface area contributed by atoms with Crippen LogP contribution in [0.3, 0.4) is 0 Å². The van der Waals surface area contributed by atoms with Gasteiger partial charge in [-0.15, -0.1) is 0 Å². The van der Waals surface area contributed by atoms with Crippen molar-refractivity contribution in [2.45, 2.75) is 32.9 Å². The Morgan fingerprint density at radius 1 is 1.17 bits per heavy atom. The van der Waals surface area contributed by atoms with Gasteiger partial charge in [0.25, 0.3) is 0 Å². The molecule has 0 spiro atoms. The van der Waals surface area contributed by atoms with Crippen molar-refractivity contribution in [2.24, 2.45) is 0 Å². The van der Waals surface area contributed by atoms with Crippen molar-refractivity contribution >= 4 is 11.8 Å². The van der Waals surface area contributed by atoms with Crippen LogP contribution >= 0.6 is 0 Å². The van der Waals surface area contributed by atoms with Gasteiger partial charge in [0, 0.05) is 12.8 Å². The fourth-order valence-electron chi connectivity index (χ4n) is 1.86. The number of carbonyl (C=O) groups is 2. The molecule has 1 N–H and O–H groups in total. The lowest BCUT2D eigenvalue weighted by Crippen LogP contribution is -2.60. The minimum atomic E-state index is -0.857. The lowest BCUT2D eigenvalue weighted by atomic mass is 10.3. The summed E-state index contributed by atoms with van der Waals surface area (Å²) in [6.07, 6.45) is 1.29. The Kier molecular flexibility index (Phi) is 5.30. The minimum absolute atomic E-state index is 0.0372. The number of amides is 2. The van der Waals surface area contributed by atoms with Gasteiger partial charge >= 0.3 is 0 Å². The Morgan fingerprint density at radius 3 is 1.94 bits per heavy atom. The van der Waals surface area contributed by atoms with Crippen LogP contribution in [0.2, 0.25) is 0 Å². The van der Waals surface area contributed by atoms with Crippen molar-refractivity contribution < 1.29 is 14.7 Å². The molecule has 1 atom stereocenters. The van der Waals surface area contributed by atoms with Crippen LogP contribution in [0.25, 0.3) is 0 Å². The molecule has 1 aliphatic heterocycles. The minimum Gasteiger partial charge on any atom is -0.375 e. The number of rotatable bonds is 4. The van der Waals surface area contributed by atoms with E-state index in [9.17, 15) is 14.7 Å². The first-order valence-corrected chi connectivity index (χ1v) is 6.13. The van der Waals surface area contributed by atoms with Crippen molar-refractivity contribution in [1.29, 1.82) is 0 Å². The largest absolute Gasteiger partial charge is 0.375 e. The maximum Gasteiger partial charge on any atom is 0.224 e. The maximum absolute atomic E-state index is 11.7. The molecule has 1 rings (SSSR count). The summed E-state index contributed by atoms with van der Waals surface area (Å²) in [5.41, 5.74) is 0. The molecule has 0 bridgehead atoms. The van der Waals surface area contributed by atoms with Crippen LogP contribution in [0, 0.1) is 0 Å². The summed E-state index contributed by atoms with van der Waals surface area (Å²) in [5, 5.41) is 9.76. The Hall–Kier alpha value is -1.40. The van der Waals surface area contributed by atoms with E-state index in [1.165, 1.54) is 6.08 Å². The first kappa shape index (κ1) is 14.7. The van der Waals surface area contributed by atoms with E-state index in [0.717, 1.165) is 0 Å². The third-order valence-corrected chi connectivity index (χ3v) is 2.94. The fourth-order valence-corrected chi connectivity index (χ4v) is 1.86. The summed E-state index contributed by atoms with van der Waals surface area (Å²) < 4.78 is 0. The second-order valence-electron chi connectivity index (χ2n) is 4.24. The molecule has 0 saturated carbocycles. The van der Waals surface area contributed by atoms with Gasteiger partial charge in [-0.3, -0.25) is 9.59 Å². The molecule has 0 aromatic heterocycles. The van der Waals surface area contributed by atoms with Crippen LogP contribution in [0.5, 0.6) is 0 Å². The van der Waals surface area contributed by atoms with E-state index in [1.807, 2.05) is 0 Å². The topological polar surface area (TPSA) is 64.1 Å². The second-order valence-corrected chi connectivity index (χ2v) is 4.24. The molecule has 1 aliphatic rings. The van der Waals surface area contributed by atoms with Gasteiger partial charge in [0.2, 0.25) is 11.8 Å². The molecule has 0 aromatic rings. The van der Waals surface area contributed by atoms with Gasteiger partial charge in [-0.25, -0.2) is 4.90 Å². The molecular weight excluding hydrogens is 234 g/mol. The number of aliphatic hydroxyl groups is 1. The highest BCUT2D eigenvalue weighted by atomic mass is 16.3. The monoisotopic (exact) mass is 255 g/mol. The van der Waals surface area contributed by atoms with Gasteiger partial charge in [-0.05, 0) is 6.08 Å². The molecule has 6 heteroatoms. The van der Waals surface area contributed by atoms with E-state index in [0.29, 0.717) is 32.8 Å². The van der Waals surface area contributed by atoms with Crippen LogP contribution in [0.15, 0.2) is 12.7 Å². The highest BCUT2D eigenvalue weighted by Gasteiger charge is 2.30. The predicted octanol–water partition coefficient (Wildman–Crippen LogP) is 0.156. The smallest absolute Gasteiger partial charge is 0.224 e. The number of carbonyl (C=O) groups excluding carboxylic acids is 2. The Morgan fingerprint density at radius 2 is 1.61 bits per heavy atom. The highest BCUT2D eigenvalue weighted by Crippen LogP contribution is 2.12. The molecule has 102 valence electrons. The average Bonchev–Trinajstić information content (AvgIpc) is 2.43. The molecule has 6 nitrogen and oxygen atoms in total. The maximum atomic E-state index is 11.7. The molecule has 1 saturated heterocycles. The average molecular weight is 255 g/mol. The third kappa shape index (κ3) is 3.30. The molecular formula is C12H21N3O3. The van der Waals surface area contributed by atoms with Crippen LogP contribution < -0.4 is 0 Å². The number of nitrogens with zero attached hydrogens (tertiary/aromatic N) is 3. The van der Waals surface area contributed by atoms with E-state index < -0.39 is 6.23 Å². The second kappa shape index (κ2) is 6.51. The molecule has 2 amide bonds. The standard InChI is InChI=1S/C12H21N3O3/c1-4-10(16)13-7-14(11(17)5-2)9-15(8-13)12(18)6-3/h4,10,16H,1,5-9H2,2-3H3. The normalized spacial score (nSPS) is 18.6. The number of hydrogen-bond donors (Lipinski definition) is 1. The summed E-state index contributed by atoms with van der Waals surface area (Å²) in [6, 6.07) is 0.